The van der Waals surface area contributed by atoms with Crippen LogP contribution in [-0.2, 0) is 14.9 Å². The Labute approximate surface area is 240 Å². The molecule has 0 heterocycles. The Kier molecular flexibility index (Phi) is 10.3. The quantitative estimate of drug-likeness (QED) is 0.110. The lowest BCUT2D eigenvalue weighted by molar-refractivity contribution is -0.485. The highest BCUT2D eigenvalue weighted by molar-refractivity contribution is 7.87. The first-order chi connectivity index (χ1) is 20.1. The molecule has 1 N–H and O–H groups in total. The fourth-order valence-electron chi connectivity index (χ4n) is 2.66. The van der Waals surface area contributed by atoms with Gasteiger partial charge in [-0.2, -0.15) is 127 Å². The van der Waals surface area contributed by atoms with Crippen molar-refractivity contribution < 1.29 is 141 Å². The molecule has 1 unspecified atom stereocenters. The van der Waals surface area contributed by atoms with Crippen molar-refractivity contribution in [2.24, 2.45) is 0 Å². The van der Waals surface area contributed by atoms with Gasteiger partial charge in [0.2, 0.25) is 0 Å². The van der Waals surface area contributed by atoms with Crippen LogP contribution in [0.4, 0.5) is 123 Å². The second-order valence-corrected chi connectivity index (χ2v) is 10.2. The van der Waals surface area contributed by atoms with Crippen molar-refractivity contribution in [1.29, 1.82) is 0 Å². The summed E-state index contributed by atoms with van der Waals surface area (Å²) < 4.78 is 403. The molecular formula is C15H2F28O4S. The fourth-order valence-corrected chi connectivity index (χ4v) is 3.23. The number of hydrogen-bond acceptors (Lipinski definition) is 3. The number of halogens is 28. The molecule has 33 heteroatoms. The minimum Gasteiger partial charge on any atom is -0.298 e. The van der Waals surface area contributed by atoms with Crippen molar-refractivity contribution in [3.63, 3.8) is 0 Å². The molecule has 0 aliphatic heterocycles. The molecule has 0 spiro atoms. The van der Waals surface area contributed by atoms with Crippen LogP contribution in [0.5, 0.6) is 0 Å². The van der Waals surface area contributed by atoms with Crippen LogP contribution in [-0.4, -0.2) is 102 Å². The van der Waals surface area contributed by atoms with E-state index in [1.807, 2.05) is 0 Å². The van der Waals surface area contributed by atoms with E-state index in [1.165, 1.54) is 0 Å². The van der Waals surface area contributed by atoms with E-state index in [1.54, 1.807) is 0 Å². The van der Waals surface area contributed by atoms with E-state index in [-0.39, 0.29) is 0 Å². The molecule has 0 aromatic carbocycles. The van der Waals surface area contributed by atoms with E-state index in [0.29, 0.717) is 0 Å². The van der Waals surface area contributed by atoms with E-state index >= 15 is 0 Å². The van der Waals surface area contributed by atoms with Crippen LogP contribution >= 0.6 is 0 Å². The van der Waals surface area contributed by atoms with Crippen LogP contribution in [0.1, 0.15) is 0 Å². The molecule has 0 aromatic heterocycles. The van der Waals surface area contributed by atoms with Gasteiger partial charge in [0.05, 0.1) is 0 Å². The lowest BCUT2D eigenvalue weighted by atomic mass is 9.83. The average Bonchev–Trinajstić information content (AvgIpc) is 2.85. The molecule has 0 saturated carbocycles. The Hall–Kier alpha value is -2.38. The molecule has 1 atom stereocenters. The highest BCUT2D eigenvalue weighted by Crippen LogP contribution is 2.69. The molecular weight excluding hydrogens is 808 g/mol. The summed E-state index contributed by atoms with van der Waals surface area (Å²) in [5, 5.41) is -7.48. The highest BCUT2D eigenvalue weighted by atomic mass is 32.2. The topological polar surface area (TPSA) is 71.4 Å². The van der Waals surface area contributed by atoms with Crippen molar-refractivity contribution in [2.45, 2.75) is 82.2 Å². The zero-order valence-electron chi connectivity index (χ0n) is 20.2. The molecule has 0 aliphatic carbocycles. The van der Waals surface area contributed by atoms with Crippen LogP contribution in [0.2, 0.25) is 0 Å². The molecule has 0 bridgehead atoms. The predicted octanol–water partition coefficient (Wildman–Crippen LogP) is 7.92. The van der Waals surface area contributed by atoms with Crippen molar-refractivity contribution in [3.8, 4) is 0 Å². The van der Waals surface area contributed by atoms with E-state index in [9.17, 15) is 136 Å². The second-order valence-electron chi connectivity index (χ2n) is 8.63. The normalized spacial score (nSPS) is 18.1. The van der Waals surface area contributed by atoms with Gasteiger partial charge in [-0.3, -0.25) is 9.35 Å². The van der Waals surface area contributed by atoms with Gasteiger partial charge in [-0.05, 0) is 0 Å². The van der Waals surface area contributed by atoms with Gasteiger partial charge < -0.3 is 0 Å². The summed E-state index contributed by atoms with van der Waals surface area (Å²) in [6.45, 7) is 0. The summed E-state index contributed by atoms with van der Waals surface area (Å²) in [5.74, 6) is -115. The van der Waals surface area contributed by atoms with Gasteiger partial charge in [-0.15, -0.1) is 0 Å². The molecule has 0 saturated heterocycles. The lowest BCUT2D eigenvalue weighted by Crippen LogP contribution is -2.79. The highest BCUT2D eigenvalue weighted by Gasteiger charge is 3.01. The second kappa shape index (κ2) is 10.8. The van der Waals surface area contributed by atoms with Crippen LogP contribution in [0.3, 0.4) is 0 Å². The molecule has 48 heavy (non-hydrogen) atoms. The van der Waals surface area contributed by atoms with Gasteiger partial charge in [-0.1, -0.05) is 0 Å². The third kappa shape index (κ3) is 4.94. The largest absolute Gasteiger partial charge is 0.460 e. The minimum absolute atomic E-state index is 2.94. The Bertz CT molecular complexity index is 1340. The number of hydrogen-bond donors (Lipinski definition) is 1. The van der Waals surface area contributed by atoms with E-state index < -0.39 is 98.7 Å². The first-order valence-corrected chi connectivity index (χ1v) is 11.2. The molecule has 0 amide bonds. The standard InChI is InChI=1S/C15H2F28O4S/c16-2(1-44,48(45,46)47)3(17,18)4(19,20)5(21,22)6(23,24)7(25,26)8(27,28)9(29,30)10(31,32)11(33,34)12(35,36)13(37,38)14(39,40)15(41,42)43/h1H,(H,45,46,47). The van der Waals surface area contributed by atoms with Gasteiger partial charge in [0.25, 0.3) is 0 Å². The zero-order chi connectivity index (χ0) is 40.2. The van der Waals surface area contributed by atoms with Crippen molar-refractivity contribution in [2.75, 3.05) is 0 Å². The number of carbonyl (C=O) groups excluding carboxylic acids is 1. The maximum Gasteiger partial charge on any atom is 0.460 e. The third-order valence-corrected chi connectivity index (χ3v) is 6.75. The van der Waals surface area contributed by atoms with Gasteiger partial charge in [0.1, 0.15) is 0 Å². The summed E-state index contributed by atoms with van der Waals surface area (Å²) in [7, 11) is -8.07. The third-order valence-electron chi connectivity index (χ3n) is 5.65. The molecule has 0 aliphatic rings. The molecule has 4 nitrogen and oxygen atoms in total. The zero-order valence-corrected chi connectivity index (χ0v) is 21.1. The van der Waals surface area contributed by atoms with E-state index in [2.05, 4.69) is 0 Å². The SMILES string of the molecule is O=CC(F)(C(F)(F)C(F)(F)C(F)(F)C(F)(F)C(F)(F)C(F)(F)C(F)(F)C(F)(F)C(F)(F)C(F)(F)C(F)(F)C(F)(F)C(F)(F)F)S(=O)(=O)O. The maximum absolute atomic E-state index is 13.7. The summed E-state index contributed by atoms with van der Waals surface area (Å²) in [6, 6.07) is 0. The number of alkyl halides is 28. The van der Waals surface area contributed by atoms with E-state index in [0.717, 1.165) is 0 Å². The summed E-state index contributed by atoms with van der Waals surface area (Å²) in [4.78, 5) is 10.2. The predicted molar refractivity (Wildman–Crippen MR) is 86.9 cm³/mol. The van der Waals surface area contributed by atoms with E-state index in [4.69, 9.17) is 4.55 Å². The van der Waals surface area contributed by atoms with Crippen molar-refractivity contribution >= 4 is 16.4 Å². The number of rotatable bonds is 14. The lowest BCUT2D eigenvalue weighted by Gasteiger charge is -2.46. The Balaban J connectivity index is 7.72. The van der Waals surface area contributed by atoms with Gasteiger partial charge in [0, 0.05) is 0 Å². The summed E-state index contributed by atoms with van der Waals surface area (Å²) >= 11 is 0. The summed E-state index contributed by atoms with van der Waals surface area (Å²) in [5.41, 5.74) is 0. The smallest absolute Gasteiger partial charge is 0.298 e. The Morgan fingerprint density at radius 2 is 0.458 bits per heavy atom. The molecule has 0 aromatic rings. The molecule has 288 valence electrons. The van der Waals surface area contributed by atoms with Gasteiger partial charge in [0.15, 0.2) is 6.29 Å². The Morgan fingerprint density at radius 3 is 0.583 bits per heavy atom. The number of aldehydes is 1. The first-order valence-electron chi connectivity index (χ1n) is 9.79. The van der Waals surface area contributed by atoms with Gasteiger partial charge in [-0.25, -0.2) is 4.39 Å². The fraction of sp³-hybridized carbons (Fsp3) is 0.933. The van der Waals surface area contributed by atoms with Gasteiger partial charge >= 0.3 is 92.4 Å². The van der Waals surface area contributed by atoms with Crippen LogP contribution < -0.4 is 0 Å². The minimum atomic E-state index is -10.0. The maximum atomic E-state index is 13.7. The van der Waals surface area contributed by atoms with Crippen LogP contribution in [0, 0.1) is 0 Å². The monoisotopic (exact) mass is 810 g/mol. The number of carbonyl (C=O) groups is 1. The van der Waals surface area contributed by atoms with Crippen molar-refractivity contribution in [3.05, 3.63) is 0 Å². The van der Waals surface area contributed by atoms with Crippen molar-refractivity contribution in [1.82, 2.24) is 0 Å². The van der Waals surface area contributed by atoms with Crippen LogP contribution in [0.25, 0.3) is 0 Å². The average molecular weight is 810 g/mol. The summed E-state index contributed by atoms with van der Waals surface area (Å²) in [6.07, 6.45) is -11.3. The molecule has 0 rings (SSSR count). The molecule has 0 fully saturated rings. The molecule has 0 radical (unpaired) electrons. The Morgan fingerprint density at radius 1 is 0.312 bits per heavy atom. The first kappa shape index (κ1) is 45.6. The van der Waals surface area contributed by atoms with Crippen LogP contribution in [0.15, 0.2) is 0 Å².